The Morgan fingerprint density at radius 2 is 0.494 bits per heavy atom. The molecule has 0 rings (SSSR count). The molecule has 6 heteroatoms. The lowest BCUT2D eigenvalue weighted by Crippen LogP contribution is -2.30. The van der Waals surface area contributed by atoms with Gasteiger partial charge in [-0.3, -0.25) is 14.4 Å². The van der Waals surface area contributed by atoms with E-state index in [4.69, 9.17) is 14.2 Å². The van der Waals surface area contributed by atoms with Gasteiger partial charge < -0.3 is 14.2 Å². The zero-order chi connectivity index (χ0) is 57.1. The Balaban J connectivity index is 4.35. The Morgan fingerprint density at radius 1 is 0.266 bits per heavy atom. The second-order valence-electron chi connectivity index (χ2n) is 21.6. The highest BCUT2D eigenvalue weighted by molar-refractivity contribution is 5.71. The minimum absolute atomic E-state index is 0.0861. The van der Waals surface area contributed by atoms with Gasteiger partial charge in [0, 0.05) is 19.3 Å². The van der Waals surface area contributed by atoms with Crippen molar-refractivity contribution in [3.8, 4) is 0 Å². The molecular weight excluding hydrogens is 973 g/mol. The van der Waals surface area contributed by atoms with Gasteiger partial charge in [-0.2, -0.15) is 0 Å². The van der Waals surface area contributed by atoms with Crippen molar-refractivity contribution >= 4 is 17.9 Å². The molecule has 0 aromatic carbocycles. The number of esters is 3. The summed E-state index contributed by atoms with van der Waals surface area (Å²) in [5.74, 6) is -0.900. The first-order chi connectivity index (χ1) is 39.0. The maximum absolute atomic E-state index is 12.9. The molecule has 0 heterocycles. The number of ether oxygens (including phenoxy) is 3. The van der Waals surface area contributed by atoms with E-state index in [0.29, 0.717) is 19.3 Å². The first-order valence-corrected chi connectivity index (χ1v) is 33.0. The molecule has 0 amide bonds. The molecule has 0 aliphatic rings. The SMILES string of the molecule is CC/C=C\C/C=C\C/C=C\C/C=C\C/C=C\CCCCCCCCCCCCCC(=O)OCC(COC(=O)CCCCCCCCCCCCCCC)OC(=O)CCCCCCC/C=C\C/C=C\C/C=C\C/C=C\C/C=C\CC. The van der Waals surface area contributed by atoms with E-state index in [0.717, 1.165) is 141 Å². The monoisotopic (exact) mass is 1090 g/mol. The Hall–Kier alpha value is -4.19. The second kappa shape index (κ2) is 66.3. The molecule has 1 atom stereocenters. The van der Waals surface area contributed by atoms with E-state index in [-0.39, 0.29) is 31.1 Å². The molecule has 0 saturated heterocycles. The zero-order valence-electron chi connectivity index (χ0n) is 51.6. The first-order valence-electron chi connectivity index (χ1n) is 33.0. The standard InChI is InChI=1S/C73H122O6/c1-4-7-10-13-16-19-22-25-27-29-31-33-34-35-36-37-38-40-41-43-45-48-51-54-57-60-63-66-72(75)78-69-70(68-77-71(74)65-62-59-56-53-50-47-24-21-18-15-12-9-6-3)79-73(76)67-64-61-58-55-52-49-46-44-42-39-32-30-28-26-23-20-17-14-11-8-5-2/h7-8,10-11,16-17,19-20,25-28,31-33,35-36,39,44,46,70H,4-6,9,12-15,18,21-24,29-30,34,37-38,40-43,45,47-69H2,1-3H3/b10-7-,11-8-,19-16-,20-17-,27-25-,28-26-,33-31-,36-35-,39-32-,46-44-. The summed E-state index contributed by atoms with van der Waals surface area (Å²) < 4.78 is 16.9. The lowest BCUT2D eigenvalue weighted by molar-refractivity contribution is -0.167. The fourth-order valence-electron chi connectivity index (χ4n) is 9.09. The highest BCUT2D eigenvalue weighted by Crippen LogP contribution is 2.16. The van der Waals surface area contributed by atoms with Gasteiger partial charge in [0.25, 0.3) is 0 Å². The van der Waals surface area contributed by atoms with Crippen molar-refractivity contribution in [2.75, 3.05) is 13.2 Å². The van der Waals surface area contributed by atoms with Gasteiger partial charge in [0.15, 0.2) is 6.10 Å². The highest BCUT2D eigenvalue weighted by Gasteiger charge is 2.19. The van der Waals surface area contributed by atoms with E-state index in [1.807, 2.05) is 0 Å². The van der Waals surface area contributed by atoms with Crippen LogP contribution >= 0.6 is 0 Å². The molecule has 1 unspecified atom stereocenters. The third-order valence-electron chi connectivity index (χ3n) is 14.0. The van der Waals surface area contributed by atoms with Gasteiger partial charge in [-0.25, -0.2) is 0 Å². The molecule has 0 aromatic rings. The van der Waals surface area contributed by atoms with Crippen LogP contribution in [0.15, 0.2) is 122 Å². The average molecular weight is 1100 g/mol. The van der Waals surface area contributed by atoms with Gasteiger partial charge in [-0.05, 0) is 109 Å². The van der Waals surface area contributed by atoms with Crippen LogP contribution in [0.2, 0.25) is 0 Å². The number of hydrogen-bond acceptors (Lipinski definition) is 6. The topological polar surface area (TPSA) is 78.9 Å². The van der Waals surface area contributed by atoms with Gasteiger partial charge in [0.1, 0.15) is 13.2 Å². The lowest BCUT2D eigenvalue weighted by atomic mass is 10.0. The van der Waals surface area contributed by atoms with Crippen LogP contribution in [-0.2, 0) is 28.6 Å². The molecule has 6 nitrogen and oxygen atoms in total. The van der Waals surface area contributed by atoms with Gasteiger partial charge >= 0.3 is 17.9 Å². The van der Waals surface area contributed by atoms with Gasteiger partial charge in [-0.15, -0.1) is 0 Å². The number of carbonyl (C=O) groups excluding carboxylic acids is 3. The molecule has 450 valence electrons. The number of allylic oxidation sites excluding steroid dienone is 20. The largest absolute Gasteiger partial charge is 0.462 e. The van der Waals surface area contributed by atoms with E-state index >= 15 is 0 Å². The number of hydrogen-bond donors (Lipinski definition) is 0. The zero-order valence-corrected chi connectivity index (χ0v) is 51.6. The van der Waals surface area contributed by atoms with Crippen molar-refractivity contribution in [1.82, 2.24) is 0 Å². The third-order valence-corrected chi connectivity index (χ3v) is 14.0. The lowest BCUT2D eigenvalue weighted by Gasteiger charge is -2.18. The van der Waals surface area contributed by atoms with Crippen LogP contribution in [0, 0.1) is 0 Å². The van der Waals surface area contributed by atoms with Crippen LogP contribution in [0.25, 0.3) is 0 Å². The van der Waals surface area contributed by atoms with Crippen LogP contribution in [0.3, 0.4) is 0 Å². The van der Waals surface area contributed by atoms with E-state index in [1.54, 1.807) is 0 Å². The van der Waals surface area contributed by atoms with E-state index in [1.165, 1.54) is 122 Å². The highest BCUT2D eigenvalue weighted by atomic mass is 16.6. The van der Waals surface area contributed by atoms with E-state index in [9.17, 15) is 14.4 Å². The molecule has 0 bridgehead atoms. The maximum atomic E-state index is 12.9. The summed E-state index contributed by atoms with van der Waals surface area (Å²) in [6, 6.07) is 0. The summed E-state index contributed by atoms with van der Waals surface area (Å²) in [4.78, 5) is 38.4. The summed E-state index contributed by atoms with van der Waals surface area (Å²) in [7, 11) is 0. The molecule has 0 saturated carbocycles. The summed E-state index contributed by atoms with van der Waals surface area (Å²) in [5, 5.41) is 0. The van der Waals surface area contributed by atoms with E-state index < -0.39 is 6.10 Å². The summed E-state index contributed by atoms with van der Waals surface area (Å²) in [6.45, 7) is 6.42. The molecule has 0 aliphatic heterocycles. The minimum atomic E-state index is -0.792. The molecule has 0 spiro atoms. The molecule has 79 heavy (non-hydrogen) atoms. The smallest absolute Gasteiger partial charge is 0.306 e. The predicted molar refractivity (Wildman–Crippen MR) is 343 cm³/mol. The van der Waals surface area contributed by atoms with Gasteiger partial charge in [0.2, 0.25) is 0 Å². The molecule has 0 radical (unpaired) electrons. The minimum Gasteiger partial charge on any atom is -0.462 e. The van der Waals surface area contributed by atoms with Crippen LogP contribution < -0.4 is 0 Å². The van der Waals surface area contributed by atoms with Crippen molar-refractivity contribution in [3.63, 3.8) is 0 Å². The van der Waals surface area contributed by atoms with Gasteiger partial charge in [0.05, 0.1) is 0 Å². The van der Waals surface area contributed by atoms with Crippen LogP contribution in [-0.4, -0.2) is 37.2 Å². The molecule has 0 N–H and O–H groups in total. The van der Waals surface area contributed by atoms with Crippen molar-refractivity contribution in [1.29, 1.82) is 0 Å². The van der Waals surface area contributed by atoms with Crippen LogP contribution in [0.1, 0.15) is 303 Å². The van der Waals surface area contributed by atoms with Crippen molar-refractivity contribution in [3.05, 3.63) is 122 Å². The second-order valence-corrected chi connectivity index (χ2v) is 21.6. The normalized spacial score (nSPS) is 12.9. The Labute approximate surface area is 488 Å². The predicted octanol–water partition coefficient (Wildman–Crippen LogP) is 22.8. The molecule has 0 fully saturated rings. The summed E-state index contributed by atoms with van der Waals surface area (Å²) in [5.41, 5.74) is 0. The van der Waals surface area contributed by atoms with Crippen molar-refractivity contribution < 1.29 is 28.6 Å². The van der Waals surface area contributed by atoms with Crippen molar-refractivity contribution in [2.45, 2.75) is 309 Å². The fourth-order valence-corrected chi connectivity index (χ4v) is 9.09. The first kappa shape index (κ1) is 74.8. The molecular formula is C73H122O6. The summed E-state index contributed by atoms with van der Waals surface area (Å²) >= 11 is 0. The van der Waals surface area contributed by atoms with Crippen LogP contribution in [0.4, 0.5) is 0 Å². The summed E-state index contributed by atoms with van der Waals surface area (Å²) in [6.07, 6.45) is 92.0. The Morgan fingerprint density at radius 3 is 0.772 bits per heavy atom. The number of rotatable bonds is 59. The van der Waals surface area contributed by atoms with Gasteiger partial charge in [-0.1, -0.05) is 296 Å². The molecule has 0 aliphatic carbocycles. The van der Waals surface area contributed by atoms with E-state index in [2.05, 4.69) is 142 Å². The third kappa shape index (κ3) is 64.5. The fraction of sp³-hybridized carbons (Fsp3) is 0.685. The maximum Gasteiger partial charge on any atom is 0.306 e. The van der Waals surface area contributed by atoms with Crippen LogP contribution in [0.5, 0.6) is 0 Å². The number of carbonyl (C=O) groups is 3. The number of unbranched alkanes of at least 4 members (excludes halogenated alkanes) is 28. The Kier molecular flexibility index (Phi) is 62.8. The van der Waals surface area contributed by atoms with Crippen molar-refractivity contribution in [2.24, 2.45) is 0 Å². The Bertz CT molecular complexity index is 1640. The quantitative estimate of drug-likeness (QED) is 0.0261. The average Bonchev–Trinajstić information content (AvgIpc) is 3.45. The molecule has 0 aromatic heterocycles.